The minimum atomic E-state index is -0.253. The van der Waals surface area contributed by atoms with Crippen LogP contribution in [-0.2, 0) is 14.3 Å². The van der Waals surface area contributed by atoms with Crippen LogP contribution in [0.2, 0.25) is 0 Å². The molecule has 4 atom stereocenters. The minimum absolute atomic E-state index is 0.106. The molecular formula is C13H23NO3. The Morgan fingerprint density at radius 3 is 2.88 bits per heavy atom. The van der Waals surface area contributed by atoms with Gasteiger partial charge in [-0.2, -0.15) is 0 Å². The van der Waals surface area contributed by atoms with E-state index in [0.29, 0.717) is 13.2 Å². The van der Waals surface area contributed by atoms with Gasteiger partial charge in [-0.3, -0.25) is 4.79 Å². The second-order valence-electron chi connectivity index (χ2n) is 5.31. The van der Waals surface area contributed by atoms with E-state index < -0.39 is 0 Å². The maximum Gasteiger partial charge on any atom is 0.313 e. The van der Waals surface area contributed by atoms with Crippen molar-refractivity contribution >= 4 is 5.97 Å². The molecule has 1 heterocycles. The first-order valence-electron chi connectivity index (χ1n) is 6.74. The van der Waals surface area contributed by atoms with E-state index in [1.165, 1.54) is 19.3 Å². The van der Waals surface area contributed by atoms with Crippen LogP contribution in [0.4, 0.5) is 0 Å². The first kappa shape index (κ1) is 12.8. The van der Waals surface area contributed by atoms with E-state index in [1.54, 1.807) is 0 Å². The van der Waals surface area contributed by atoms with Gasteiger partial charge in [0.15, 0.2) is 0 Å². The predicted molar refractivity (Wildman–Crippen MR) is 64.4 cm³/mol. The minimum Gasteiger partial charge on any atom is -0.462 e. The van der Waals surface area contributed by atoms with E-state index in [9.17, 15) is 4.79 Å². The number of hydrogen-bond acceptors (Lipinski definition) is 4. The quantitative estimate of drug-likeness (QED) is 0.760. The molecule has 4 heteroatoms. The Morgan fingerprint density at radius 1 is 1.41 bits per heavy atom. The Hall–Kier alpha value is -0.610. The SMILES string of the molecule is CCC1CCCC(OC(=O)C2COCC2N)C1. The molecule has 98 valence electrons. The van der Waals surface area contributed by atoms with Crippen LogP contribution < -0.4 is 5.73 Å². The van der Waals surface area contributed by atoms with Gasteiger partial charge in [0.1, 0.15) is 6.10 Å². The average molecular weight is 241 g/mol. The highest BCUT2D eigenvalue weighted by Crippen LogP contribution is 2.29. The fourth-order valence-corrected chi connectivity index (χ4v) is 2.78. The van der Waals surface area contributed by atoms with Crippen LogP contribution in [-0.4, -0.2) is 31.3 Å². The summed E-state index contributed by atoms with van der Waals surface area (Å²) < 4.78 is 10.8. The number of nitrogens with two attached hydrogens (primary N) is 1. The lowest BCUT2D eigenvalue weighted by Crippen LogP contribution is -2.37. The molecule has 17 heavy (non-hydrogen) atoms. The maximum absolute atomic E-state index is 11.9. The normalized spacial score (nSPS) is 38.0. The Bertz CT molecular complexity index is 269. The lowest BCUT2D eigenvalue weighted by molar-refractivity contribution is -0.156. The standard InChI is InChI=1S/C13H23NO3/c1-2-9-4-3-5-10(6-9)17-13(15)11-7-16-8-12(11)14/h9-12H,2-8,14H2,1H3. The summed E-state index contributed by atoms with van der Waals surface area (Å²) in [6.07, 6.45) is 5.75. The largest absolute Gasteiger partial charge is 0.462 e. The molecule has 2 fully saturated rings. The summed E-state index contributed by atoms with van der Waals surface area (Å²) in [7, 11) is 0. The third kappa shape index (κ3) is 3.19. The molecule has 1 aliphatic carbocycles. The van der Waals surface area contributed by atoms with E-state index in [2.05, 4.69) is 6.92 Å². The Balaban J connectivity index is 1.81. The fourth-order valence-electron chi connectivity index (χ4n) is 2.78. The van der Waals surface area contributed by atoms with Gasteiger partial charge in [0.25, 0.3) is 0 Å². The molecule has 0 aromatic rings. The Labute approximate surface area is 103 Å². The summed E-state index contributed by atoms with van der Waals surface area (Å²) in [5.74, 6) is 0.309. The van der Waals surface area contributed by atoms with Gasteiger partial charge in [0.2, 0.25) is 0 Å². The number of rotatable bonds is 3. The van der Waals surface area contributed by atoms with Gasteiger partial charge in [-0.05, 0) is 25.2 Å². The highest BCUT2D eigenvalue weighted by Gasteiger charge is 2.34. The molecule has 1 saturated heterocycles. The van der Waals surface area contributed by atoms with Crippen LogP contribution >= 0.6 is 0 Å². The second kappa shape index (κ2) is 5.83. The molecule has 0 bridgehead atoms. The van der Waals surface area contributed by atoms with Crippen molar-refractivity contribution in [2.45, 2.75) is 51.2 Å². The predicted octanol–water partition coefficient (Wildman–Crippen LogP) is 1.47. The van der Waals surface area contributed by atoms with Crippen molar-refractivity contribution in [2.24, 2.45) is 17.6 Å². The summed E-state index contributed by atoms with van der Waals surface area (Å²) in [5, 5.41) is 0. The summed E-state index contributed by atoms with van der Waals surface area (Å²) in [4.78, 5) is 11.9. The van der Waals surface area contributed by atoms with Gasteiger partial charge >= 0.3 is 5.97 Å². The summed E-state index contributed by atoms with van der Waals surface area (Å²) in [6, 6.07) is -0.187. The van der Waals surface area contributed by atoms with Crippen molar-refractivity contribution in [3.63, 3.8) is 0 Å². The third-order valence-electron chi connectivity index (χ3n) is 4.02. The van der Waals surface area contributed by atoms with E-state index >= 15 is 0 Å². The van der Waals surface area contributed by atoms with E-state index in [4.69, 9.17) is 15.2 Å². The number of hydrogen-bond donors (Lipinski definition) is 1. The van der Waals surface area contributed by atoms with E-state index in [1.807, 2.05) is 0 Å². The van der Waals surface area contributed by atoms with Crippen molar-refractivity contribution in [1.82, 2.24) is 0 Å². The first-order chi connectivity index (χ1) is 8.20. The monoisotopic (exact) mass is 241 g/mol. The van der Waals surface area contributed by atoms with Crippen molar-refractivity contribution < 1.29 is 14.3 Å². The van der Waals surface area contributed by atoms with Crippen LogP contribution in [0.15, 0.2) is 0 Å². The molecule has 2 rings (SSSR count). The van der Waals surface area contributed by atoms with Crippen LogP contribution in [0.3, 0.4) is 0 Å². The van der Waals surface area contributed by atoms with E-state index in [-0.39, 0.29) is 24.0 Å². The molecular weight excluding hydrogens is 218 g/mol. The van der Waals surface area contributed by atoms with Gasteiger partial charge in [-0.25, -0.2) is 0 Å². The molecule has 0 aromatic carbocycles. The topological polar surface area (TPSA) is 61.5 Å². The van der Waals surface area contributed by atoms with Gasteiger partial charge < -0.3 is 15.2 Å². The molecule has 0 amide bonds. The summed E-state index contributed by atoms with van der Waals surface area (Å²) in [6.45, 7) is 3.10. The fraction of sp³-hybridized carbons (Fsp3) is 0.923. The van der Waals surface area contributed by atoms with Gasteiger partial charge in [0, 0.05) is 6.04 Å². The molecule has 1 saturated carbocycles. The maximum atomic E-state index is 11.9. The molecule has 4 unspecified atom stereocenters. The lowest BCUT2D eigenvalue weighted by atomic mass is 9.85. The van der Waals surface area contributed by atoms with Crippen molar-refractivity contribution in [3.8, 4) is 0 Å². The van der Waals surface area contributed by atoms with Gasteiger partial charge in [-0.15, -0.1) is 0 Å². The van der Waals surface area contributed by atoms with Crippen molar-refractivity contribution in [3.05, 3.63) is 0 Å². The molecule has 4 nitrogen and oxygen atoms in total. The molecule has 0 spiro atoms. The molecule has 2 N–H and O–H groups in total. The van der Waals surface area contributed by atoms with Gasteiger partial charge in [-0.1, -0.05) is 19.8 Å². The number of esters is 1. The third-order valence-corrected chi connectivity index (χ3v) is 4.02. The molecule has 0 radical (unpaired) electrons. The highest BCUT2D eigenvalue weighted by molar-refractivity contribution is 5.74. The average Bonchev–Trinajstić information content (AvgIpc) is 2.76. The number of carbonyl (C=O) groups is 1. The van der Waals surface area contributed by atoms with Crippen molar-refractivity contribution in [2.75, 3.05) is 13.2 Å². The molecule has 0 aromatic heterocycles. The van der Waals surface area contributed by atoms with Crippen LogP contribution in [0.1, 0.15) is 39.0 Å². The van der Waals surface area contributed by atoms with Crippen LogP contribution in [0.5, 0.6) is 0 Å². The Morgan fingerprint density at radius 2 is 2.24 bits per heavy atom. The molecule has 2 aliphatic rings. The van der Waals surface area contributed by atoms with Gasteiger partial charge in [0.05, 0.1) is 19.1 Å². The summed E-state index contributed by atoms with van der Waals surface area (Å²) in [5.41, 5.74) is 5.81. The Kier molecular flexibility index (Phi) is 4.40. The second-order valence-corrected chi connectivity index (χ2v) is 5.31. The zero-order chi connectivity index (χ0) is 12.3. The zero-order valence-electron chi connectivity index (χ0n) is 10.6. The first-order valence-corrected chi connectivity index (χ1v) is 6.74. The zero-order valence-corrected chi connectivity index (χ0v) is 10.6. The number of ether oxygens (including phenoxy) is 2. The summed E-state index contributed by atoms with van der Waals surface area (Å²) >= 11 is 0. The lowest BCUT2D eigenvalue weighted by Gasteiger charge is -2.29. The highest BCUT2D eigenvalue weighted by atomic mass is 16.5. The van der Waals surface area contributed by atoms with Crippen LogP contribution in [0, 0.1) is 11.8 Å². The van der Waals surface area contributed by atoms with Crippen molar-refractivity contribution in [1.29, 1.82) is 0 Å². The molecule has 1 aliphatic heterocycles. The smallest absolute Gasteiger partial charge is 0.313 e. The van der Waals surface area contributed by atoms with E-state index in [0.717, 1.165) is 18.8 Å². The number of carbonyl (C=O) groups excluding carboxylic acids is 1. The van der Waals surface area contributed by atoms with Crippen LogP contribution in [0.25, 0.3) is 0 Å².